The number of aryl methyl sites for hydroxylation is 1. The molecule has 0 radical (unpaired) electrons. The molecule has 2 aromatic rings. The lowest BCUT2D eigenvalue weighted by atomic mass is 10.5. The molecule has 0 aromatic carbocycles. The maximum Gasteiger partial charge on any atom is 0.206 e. The van der Waals surface area contributed by atoms with Crippen LogP contribution in [0.25, 0.3) is 5.82 Å². The van der Waals surface area contributed by atoms with Crippen molar-refractivity contribution in [2.45, 2.75) is 6.92 Å². The molecule has 2 heterocycles. The first-order valence-electron chi connectivity index (χ1n) is 4.53. The average Bonchev–Trinajstić information content (AvgIpc) is 2.77. The zero-order chi connectivity index (χ0) is 11.5. The highest BCUT2D eigenvalue weighted by atomic mass is 16.4. The van der Waals surface area contributed by atoms with Crippen molar-refractivity contribution in [2.24, 2.45) is 10.9 Å². The first-order chi connectivity index (χ1) is 7.72. The van der Waals surface area contributed by atoms with Crippen molar-refractivity contribution < 1.29 is 5.21 Å². The zero-order valence-electron chi connectivity index (χ0n) is 8.57. The SMILES string of the molecule is Cc1nccc(-n2ccnc2C(N)=NO)n1. The van der Waals surface area contributed by atoms with Gasteiger partial charge in [-0.05, 0) is 13.0 Å². The van der Waals surface area contributed by atoms with Gasteiger partial charge in [-0.3, -0.25) is 4.57 Å². The first kappa shape index (κ1) is 10.1. The second-order valence-electron chi connectivity index (χ2n) is 3.07. The van der Waals surface area contributed by atoms with Crippen LogP contribution < -0.4 is 5.73 Å². The van der Waals surface area contributed by atoms with Crippen LogP contribution >= 0.6 is 0 Å². The smallest absolute Gasteiger partial charge is 0.206 e. The second kappa shape index (κ2) is 3.97. The lowest BCUT2D eigenvalue weighted by Gasteiger charge is -2.05. The van der Waals surface area contributed by atoms with Crippen LogP contribution in [-0.2, 0) is 0 Å². The lowest BCUT2D eigenvalue weighted by molar-refractivity contribution is 0.318. The lowest BCUT2D eigenvalue weighted by Crippen LogP contribution is -2.19. The van der Waals surface area contributed by atoms with Crippen LogP contribution in [0.1, 0.15) is 11.6 Å². The minimum Gasteiger partial charge on any atom is -0.409 e. The molecule has 0 unspecified atom stereocenters. The van der Waals surface area contributed by atoms with E-state index in [0.717, 1.165) is 0 Å². The van der Waals surface area contributed by atoms with E-state index in [1.807, 2.05) is 0 Å². The molecule has 2 aromatic heterocycles. The van der Waals surface area contributed by atoms with Crippen LogP contribution in [-0.4, -0.2) is 30.6 Å². The normalized spacial score (nSPS) is 11.7. The van der Waals surface area contributed by atoms with Crippen LogP contribution in [0.3, 0.4) is 0 Å². The van der Waals surface area contributed by atoms with Gasteiger partial charge in [0.25, 0.3) is 0 Å². The van der Waals surface area contributed by atoms with Crippen molar-refractivity contribution in [3.63, 3.8) is 0 Å². The fourth-order valence-corrected chi connectivity index (χ4v) is 1.30. The van der Waals surface area contributed by atoms with Gasteiger partial charge in [-0.25, -0.2) is 15.0 Å². The maximum absolute atomic E-state index is 8.61. The summed E-state index contributed by atoms with van der Waals surface area (Å²) < 4.78 is 1.61. The summed E-state index contributed by atoms with van der Waals surface area (Å²) in [6.07, 6.45) is 4.85. The Kier molecular flexibility index (Phi) is 2.50. The van der Waals surface area contributed by atoms with E-state index in [2.05, 4.69) is 20.1 Å². The molecule has 0 aliphatic heterocycles. The minimum absolute atomic E-state index is 0.0683. The van der Waals surface area contributed by atoms with Crippen molar-refractivity contribution in [3.8, 4) is 5.82 Å². The van der Waals surface area contributed by atoms with E-state index in [-0.39, 0.29) is 5.84 Å². The molecule has 7 heteroatoms. The van der Waals surface area contributed by atoms with Crippen LogP contribution in [0.5, 0.6) is 0 Å². The molecular weight excluding hydrogens is 208 g/mol. The highest BCUT2D eigenvalue weighted by molar-refractivity contribution is 5.94. The summed E-state index contributed by atoms with van der Waals surface area (Å²) in [5.41, 5.74) is 5.49. The highest BCUT2D eigenvalue weighted by Crippen LogP contribution is 2.07. The highest BCUT2D eigenvalue weighted by Gasteiger charge is 2.10. The molecule has 0 atom stereocenters. The van der Waals surface area contributed by atoms with E-state index < -0.39 is 0 Å². The average molecular weight is 218 g/mol. The topological polar surface area (TPSA) is 102 Å². The second-order valence-corrected chi connectivity index (χ2v) is 3.07. The van der Waals surface area contributed by atoms with E-state index in [1.165, 1.54) is 0 Å². The number of hydrogen-bond donors (Lipinski definition) is 2. The van der Waals surface area contributed by atoms with E-state index >= 15 is 0 Å². The maximum atomic E-state index is 8.61. The molecule has 0 aliphatic carbocycles. The monoisotopic (exact) mass is 218 g/mol. The summed E-state index contributed by atoms with van der Waals surface area (Å²) in [5.74, 6) is 1.52. The number of hydrogen-bond acceptors (Lipinski definition) is 5. The summed E-state index contributed by atoms with van der Waals surface area (Å²) in [6.45, 7) is 1.78. The third-order valence-electron chi connectivity index (χ3n) is 1.99. The largest absolute Gasteiger partial charge is 0.409 e. The fraction of sp³-hybridized carbons (Fsp3) is 0.111. The fourth-order valence-electron chi connectivity index (χ4n) is 1.30. The van der Waals surface area contributed by atoms with Crippen molar-refractivity contribution >= 4 is 5.84 Å². The number of aromatic nitrogens is 4. The quantitative estimate of drug-likeness (QED) is 0.321. The molecule has 2 rings (SSSR count). The van der Waals surface area contributed by atoms with Gasteiger partial charge in [0.05, 0.1) is 0 Å². The third-order valence-corrected chi connectivity index (χ3v) is 1.99. The molecule has 3 N–H and O–H groups in total. The Bertz CT molecular complexity index is 532. The number of nitrogens with zero attached hydrogens (tertiary/aromatic N) is 5. The van der Waals surface area contributed by atoms with Gasteiger partial charge in [0.1, 0.15) is 11.6 Å². The molecule has 0 spiro atoms. The summed E-state index contributed by atoms with van der Waals surface area (Å²) in [5, 5.41) is 11.5. The molecule has 0 bridgehead atoms. The van der Waals surface area contributed by atoms with E-state index in [1.54, 1.807) is 36.1 Å². The Morgan fingerprint density at radius 1 is 1.44 bits per heavy atom. The van der Waals surface area contributed by atoms with Gasteiger partial charge in [0.15, 0.2) is 5.82 Å². The van der Waals surface area contributed by atoms with Crippen molar-refractivity contribution in [3.05, 3.63) is 36.3 Å². The molecule has 82 valence electrons. The zero-order valence-corrected chi connectivity index (χ0v) is 8.57. The molecule has 0 amide bonds. The Morgan fingerprint density at radius 2 is 2.25 bits per heavy atom. The summed E-state index contributed by atoms with van der Waals surface area (Å²) >= 11 is 0. The Labute approximate surface area is 91.3 Å². The van der Waals surface area contributed by atoms with Crippen LogP contribution in [0.4, 0.5) is 0 Å². The van der Waals surface area contributed by atoms with Gasteiger partial charge in [0.2, 0.25) is 5.84 Å². The minimum atomic E-state index is -0.0683. The van der Waals surface area contributed by atoms with Crippen LogP contribution in [0.2, 0.25) is 0 Å². The van der Waals surface area contributed by atoms with Gasteiger partial charge in [-0.15, -0.1) is 0 Å². The van der Waals surface area contributed by atoms with E-state index in [0.29, 0.717) is 17.5 Å². The standard InChI is InChI=1S/C9H10N6O/c1-6-11-3-2-7(13-6)15-5-4-12-9(15)8(10)14-16/h2-5,16H,1H3,(H2,10,14). The number of amidine groups is 1. The Morgan fingerprint density at radius 3 is 2.94 bits per heavy atom. The van der Waals surface area contributed by atoms with Gasteiger partial charge in [-0.2, -0.15) is 0 Å². The molecule has 0 saturated carbocycles. The number of oxime groups is 1. The van der Waals surface area contributed by atoms with E-state index in [4.69, 9.17) is 10.9 Å². The van der Waals surface area contributed by atoms with Crippen LogP contribution in [0.15, 0.2) is 29.8 Å². The summed E-state index contributed by atoms with van der Waals surface area (Å²) in [4.78, 5) is 12.2. The molecular formula is C9H10N6O. The number of nitrogens with two attached hydrogens (primary N) is 1. The summed E-state index contributed by atoms with van der Waals surface area (Å²) in [6, 6.07) is 1.71. The molecule has 16 heavy (non-hydrogen) atoms. The van der Waals surface area contributed by atoms with Crippen molar-refractivity contribution in [1.29, 1.82) is 0 Å². The Balaban J connectivity index is 2.53. The molecule has 0 fully saturated rings. The first-order valence-corrected chi connectivity index (χ1v) is 4.53. The van der Waals surface area contributed by atoms with Crippen molar-refractivity contribution in [1.82, 2.24) is 19.5 Å². The van der Waals surface area contributed by atoms with Gasteiger partial charge in [-0.1, -0.05) is 5.16 Å². The van der Waals surface area contributed by atoms with Gasteiger partial charge in [0, 0.05) is 18.6 Å². The van der Waals surface area contributed by atoms with Gasteiger partial charge < -0.3 is 10.9 Å². The number of imidazole rings is 1. The van der Waals surface area contributed by atoms with Crippen molar-refractivity contribution in [2.75, 3.05) is 0 Å². The molecule has 0 saturated heterocycles. The van der Waals surface area contributed by atoms with Gasteiger partial charge >= 0.3 is 0 Å². The Hall–Kier alpha value is -2.44. The van der Waals surface area contributed by atoms with E-state index in [9.17, 15) is 0 Å². The number of rotatable bonds is 2. The summed E-state index contributed by atoms with van der Waals surface area (Å²) in [7, 11) is 0. The third kappa shape index (κ3) is 1.70. The molecule has 7 nitrogen and oxygen atoms in total. The predicted molar refractivity (Wildman–Crippen MR) is 56.4 cm³/mol. The van der Waals surface area contributed by atoms with Crippen LogP contribution in [0, 0.1) is 6.92 Å². The molecule has 0 aliphatic rings. The predicted octanol–water partition coefficient (Wildman–Crippen LogP) is 0.0652.